The Hall–Kier alpha value is -0.910. The zero-order valence-corrected chi connectivity index (χ0v) is 10.7. The lowest BCUT2D eigenvalue weighted by atomic mass is 10.2. The van der Waals surface area contributed by atoms with Gasteiger partial charge in [0.15, 0.2) is 6.10 Å². The number of ether oxygens (including phenoxy) is 1. The molecular formula is C12H17NO3S. The topological polar surface area (TPSA) is 49.8 Å². The number of nitrogens with zero attached hydrogens (tertiary/aromatic N) is 1. The van der Waals surface area contributed by atoms with Crippen molar-refractivity contribution in [1.82, 2.24) is 4.90 Å². The molecule has 0 saturated carbocycles. The maximum absolute atomic E-state index is 10.9. The highest BCUT2D eigenvalue weighted by molar-refractivity contribution is 7.11. The van der Waals surface area contributed by atoms with Gasteiger partial charge in [0.2, 0.25) is 0 Å². The second-order valence-electron chi connectivity index (χ2n) is 4.15. The van der Waals surface area contributed by atoms with E-state index in [-0.39, 0.29) is 0 Å². The molecule has 1 aromatic heterocycles. The van der Waals surface area contributed by atoms with Gasteiger partial charge in [0.25, 0.3) is 0 Å². The van der Waals surface area contributed by atoms with Gasteiger partial charge >= 0.3 is 5.97 Å². The standard InChI is InChI=1S/C12H17NO3S/c1-2-9-3-4-10(17-9)7-13-5-6-16-11(8-13)12(14)15/h3-4,11H,2,5-8H2,1H3,(H,14,15). The summed E-state index contributed by atoms with van der Waals surface area (Å²) < 4.78 is 5.20. The molecule has 2 rings (SSSR count). The summed E-state index contributed by atoms with van der Waals surface area (Å²) in [4.78, 5) is 15.7. The number of morpholine rings is 1. The SMILES string of the molecule is CCc1ccc(CN2CCOC(C(=O)O)C2)s1. The number of hydrogen-bond acceptors (Lipinski definition) is 4. The first kappa shape index (κ1) is 12.5. The van der Waals surface area contributed by atoms with Crippen molar-refractivity contribution in [1.29, 1.82) is 0 Å². The normalized spacial score (nSPS) is 21.6. The highest BCUT2D eigenvalue weighted by atomic mass is 32.1. The molecule has 1 atom stereocenters. The molecule has 5 heteroatoms. The molecule has 1 N–H and O–H groups in total. The van der Waals surface area contributed by atoms with E-state index in [4.69, 9.17) is 9.84 Å². The van der Waals surface area contributed by atoms with Crippen molar-refractivity contribution in [2.75, 3.05) is 19.7 Å². The van der Waals surface area contributed by atoms with Crippen molar-refractivity contribution in [2.24, 2.45) is 0 Å². The molecule has 0 bridgehead atoms. The number of carboxylic acid groups (broad SMARTS) is 1. The monoisotopic (exact) mass is 255 g/mol. The van der Waals surface area contributed by atoms with Crippen molar-refractivity contribution < 1.29 is 14.6 Å². The Morgan fingerprint density at radius 3 is 3.00 bits per heavy atom. The molecular weight excluding hydrogens is 238 g/mol. The summed E-state index contributed by atoms with van der Waals surface area (Å²) in [6, 6.07) is 4.28. The molecule has 1 aromatic rings. The van der Waals surface area contributed by atoms with E-state index in [0.29, 0.717) is 13.2 Å². The lowest BCUT2D eigenvalue weighted by Crippen LogP contribution is -2.45. The molecule has 2 heterocycles. The van der Waals surface area contributed by atoms with Gasteiger partial charge in [0.05, 0.1) is 6.61 Å². The van der Waals surface area contributed by atoms with Gasteiger partial charge in [-0.1, -0.05) is 6.92 Å². The van der Waals surface area contributed by atoms with E-state index in [2.05, 4.69) is 24.0 Å². The van der Waals surface area contributed by atoms with E-state index in [1.807, 2.05) is 0 Å². The van der Waals surface area contributed by atoms with E-state index < -0.39 is 12.1 Å². The van der Waals surface area contributed by atoms with Crippen LogP contribution in [0.4, 0.5) is 0 Å². The Labute approximate surface area is 105 Å². The third-order valence-electron chi connectivity index (χ3n) is 2.87. The highest BCUT2D eigenvalue weighted by Crippen LogP contribution is 2.19. The van der Waals surface area contributed by atoms with Gasteiger partial charge in [0.1, 0.15) is 0 Å². The van der Waals surface area contributed by atoms with Crippen LogP contribution in [0.1, 0.15) is 16.7 Å². The smallest absolute Gasteiger partial charge is 0.334 e. The minimum atomic E-state index is -0.866. The average molecular weight is 255 g/mol. The number of rotatable bonds is 4. The predicted octanol–water partition coefficient (Wildman–Crippen LogP) is 1.60. The van der Waals surface area contributed by atoms with Crippen molar-refractivity contribution in [3.05, 3.63) is 21.9 Å². The minimum Gasteiger partial charge on any atom is -0.479 e. The van der Waals surface area contributed by atoms with Crippen molar-refractivity contribution in [2.45, 2.75) is 26.0 Å². The number of aliphatic carboxylic acids is 1. The molecule has 94 valence electrons. The lowest BCUT2D eigenvalue weighted by molar-refractivity contribution is -0.156. The molecule has 17 heavy (non-hydrogen) atoms. The van der Waals surface area contributed by atoms with Crippen molar-refractivity contribution >= 4 is 17.3 Å². The number of thiophene rings is 1. The van der Waals surface area contributed by atoms with Crippen LogP contribution in [0.2, 0.25) is 0 Å². The average Bonchev–Trinajstić information content (AvgIpc) is 2.77. The van der Waals surface area contributed by atoms with Gasteiger partial charge in [0, 0.05) is 29.4 Å². The first-order valence-corrected chi connectivity index (χ1v) is 6.65. The van der Waals surface area contributed by atoms with Gasteiger partial charge in [-0.2, -0.15) is 0 Å². The van der Waals surface area contributed by atoms with E-state index in [0.717, 1.165) is 19.5 Å². The van der Waals surface area contributed by atoms with Crippen LogP contribution in [0.3, 0.4) is 0 Å². The maximum Gasteiger partial charge on any atom is 0.334 e. The molecule has 0 spiro atoms. The third kappa shape index (κ3) is 3.28. The summed E-state index contributed by atoms with van der Waals surface area (Å²) >= 11 is 1.81. The zero-order valence-electron chi connectivity index (χ0n) is 9.89. The van der Waals surface area contributed by atoms with Gasteiger partial charge in [-0.05, 0) is 18.6 Å². The molecule has 1 unspecified atom stereocenters. The van der Waals surface area contributed by atoms with Crippen molar-refractivity contribution in [3.63, 3.8) is 0 Å². The van der Waals surface area contributed by atoms with E-state index in [9.17, 15) is 4.79 Å². The Morgan fingerprint density at radius 2 is 2.35 bits per heavy atom. The Morgan fingerprint density at radius 1 is 1.59 bits per heavy atom. The Kier molecular flexibility index (Phi) is 4.15. The zero-order chi connectivity index (χ0) is 12.3. The second-order valence-corrected chi connectivity index (χ2v) is 5.41. The summed E-state index contributed by atoms with van der Waals surface area (Å²) in [6.07, 6.45) is 0.389. The summed E-state index contributed by atoms with van der Waals surface area (Å²) in [7, 11) is 0. The predicted molar refractivity (Wildman–Crippen MR) is 66.3 cm³/mol. The molecule has 0 radical (unpaired) electrons. The number of carboxylic acids is 1. The van der Waals surface area contributed by atoms with E-state index in [1.54, 1.807) is 11.3 Å². The quantitative estimate of drug-likeness (QED) is 0.887. The van der Waals surface area contributed by atoms with Crippen LogP contribution in [-0.4, -0.2) is 41.8 Å². The van der Waals surface area contributed by atoms with E-state index in [1.165, 1.54) is 9.75 Å². The summed E-state index contributed by atoms with van der Waals surface area (Å²) in [5, 5.41) is 8.92. The van der Waals surface area contributed by atoms with Crippen molar-refractivity contribution in [3.8, 4) is 0 Å². The van der Waals surface area contributed by atoms with Crippen LogP contribution in [0, 0.1) is 0 Å². The summed E-state index contributed by atoms with van der Waals surface area (Å²) in [6.45, 7) is 4.77. The molecule has 1 fully saturated rings. The molecule has 1 aliphatic rings. The van der Waals surface area contributed by atoms with Crippen LogP contribution in [0.15, 0.2) is 12.1 Å². The van der Waals surface area contributed by atoms with E-state index >= 15 is 0 Å². The van der Waals surface area contributed by atoms with Gasteiger partial charge in [-0.3, -0.25) is 4.90 Å². The molecule has 0 aromatic carbocycles. The van der Waals surface area contributed by atoms with Crippen LogP contribution < -0.4 is 0 Å². The van der Waals surface area contributed by atoms with Gasteiger partial charge in [-0.15, -0.1) is 11.3 Å². The largest absolute Gasteiger partial charge is 0.479 e. The molecule has 0 aliphatic carbocycles. The molecule has 1 aliphatic heterocycles. The first-order chi connectivity index (χ1) is 8.19. The number of carbonyl (C=O) groups is 1. The highest BCUT2D eigenvalue weighted by Gasteiger charge is 2.26. The Bertz CT molecular complexity index is 391. The first-order valence-electron chi connectivity index (χ1n) is 5.83. The molecule has 1 saturated heterocycles. The number of aryl methyl sites for hydroxylation is 1. The maximum atomic E-state index is 10.9. The number of hydrogen-bond donors (Lipinski definition) is 1. The minimum absolute atomic E-state index is 0.481. The molecule has 4 nitrogen and oxygen atoms in total. The van der Waals surface area contributed by atoms with Crippen LogP contribution in [0.25, 0.3) is 0 Å². The third-order valence-corrected chi connectivity index (χ3v) is 4.09. The second kappa shape index (κ2) is 5.62. The summed E-state index contributed by atoms with van der Waals surface area (Å²) in [5.74, 6) is -0.866. The Balaban J connectivity index is 1.92. The van der Waals surface area contributed by atoms with Gasteiger partial charge < -0.3 is 9.84 Å². The fourth-order valence-corrected chi connectivity index (χ4v) is 2.91. The fraction of sp³-hybridized carbons (Fsp3) is 0.583. The fourth-order valence-electron chi connectivity index (χ4n) is 1.91. The molecule has 0 amide bonds. The summed E-state index contributed by atoms with van der Waals surface area (Å²) in [5.41, 5.74) is 0. The lowest BCUT2D eigenvalue weighted by Gasteiger charge is -2.30. The van der Waals surface area contributed by atoms with Gasteiger partial charge in [-0.25, -0.2) is 4.79 Å². The van der Waals surface area contributed by atoms with Crippen LogP contribution >= 0.6 is 11.3 Å². The van der Waals surface area contributed by atoms with Crippen LogP contribution in [-0.2, 0) is 22.5 Å². The van der Waals surface area contributed by atoms with Crippen LogP contribution in [0.5, 0.6) is 0 Å².